The van der Waals surface area contributed by atoms with Crippen LogP contribution in [0.1, 0.15) is 54.6 Å². The fraction of sp³-hybridized carbons (Fsp3) is 0.435. The molecule has 6 nitrogen and oxygen atoms in total. The van der Waals surface area contributed by atoms with Crippen molar-refractivity contribution >= 4 is 15.9 Å². The lowest BCUT2D eigenvalue weighted by Gasteiger charge is -2.19. The lowest BCUT2D eigenvalue weighted by atomic mass is 10.1. The highest BCUT2D eigenvalue weighted by atomic mass is 32.2. The van der Waals surface area contributed by atoms with Crippen LogP contribution >= 0.6 is 0 Å². The molecule has 2 aromatic carbocycles. The molecule has 0 aromatic heterocycles. The smallest absolute Gasteiger partial charge is 0.251 e. The van der Waals surface area contributed by atoms with Crippen LogP contribution in [0.25, 0.3) is 0 Å². The fourth-order valence-corrected chi connectivity index (χ4v) is 4.98. The predicted octanol–water partition coefficient (Wildman–Crippen LogP) is 3.33. The van der Waals surface area contributed by atoms with E-state index in [-0.39, 0.29) is 16.8 Å². The Morgan fingerprint density at radius 3 is 2.40 bits per heavy atom. The van der Waals surface area contributed by atoms with Gasteiger partial charge in [0, 0.05) is 24.7 Å². The second-order valence-electron chi connectivity index (χ2n) is 7.79. The molecular weight excluding hydrogens is 398 g/mol. The first-order valence-corrected chi connectivity index (χ1v) is 12.1. The number of benzene rings is 2. The van der Waals surface area contributed by atoms with Gasteiger partial charge in [-0.25, -0.2) is 13.1 Å². The second kappa shape index (κ2) is 10.7. The Bertz CT molecular complexity index is 924. The molecule has 0 spiro atoms. The van der Waals surface area contributed by atoms with E-state index in [2.05, 4.69) is 14.9 Å². The average molecular weight is 430 g/mol. The van der Waals surface area contributed by atoms with Gasteiger partial charge in [0.05, 0.1) is 4.90 Å². The van der Waals surface area contributed by atoms with E-state index < -0.39 is 10.0 Å². The zero-order chi connectivity index (χ0) is 21.4. The van der Waals surface area contributed by atoms with Crippen molar-refractivity contribution in [2.45, 2.75) is 43.5 Å². The highest BCUT2D eigenvalue weighted by Crippen LogP contribution is 2.18. The molecule has 2 N–H and O–H groups in total. The van der Waals surface area contributed by atoms with Crippen LogP contribution in [-0.2, 0) is 10.0 Å². The van der Waals surface area contributed by atoms with Crippen LogP contribution in [0.4, 0.5) is 0 Å². The van der Waals surface area contributed by atoms with Gasteiger partial charge >= 0.3 is 0 Å². The van der Waals surface area contributed by atoms with Crippen LogP contribution in [-0.4, -0.2) is 45.4 Å². The van der Waals surface area contributed by atoms with Crippen LogP contribution in [0.5, 0.6) is 0 Å². The summed E-state index contributed by atoms with van der Waals surface area (Å²) in [5.74, 6) is -0.252. The quantitative estimate of drug-likeness (QED) is 0.675. The van der Waals surface area contributed by atoms with Gasteiger partial charge in [-0.15, -0.1) is 0 Å². The minimum Gasteiger partial charge on any atom is -0.351 e. The maximum Gasteiger partial charge on any atom is 0.251 e. The lowest BCUT2D eigenvalue weighted by molar-refractivity contribution is 0.0948. The first kappa shape index (κ1) is 22.5. The van der Waals surface area contributed by atoms with Gasteiger partial charge in [-0.05, 0) is 56.6 Å². The lowest BCUT2D eigenvalue weighted by Crippen LogP contribution is -2.35. The van der Waals surface area contributed by atoms with Crippen molar-refractivity contribution in [3.8, 4) is 0 Å². The normalized spacial score (nSPS) is 16.6. The van der Waals surface area contributed by atoms with Crippen LogP contribution in [0.3, 0.4) is 0 Å². The van der Waals surface area contributed by atoms with Gasteiger partial charge in [-0.3, -0.25) is 4.79 Å². The summed E-state index contributed by atoms with van der Waals surface area (Å²) in [6.07, 6.45) is 4.98. The Morgan fingerprint density at radius 2 is 1.70 bits per heavy atom. The third-order valence-electron chi connectivity index (χ3n) is 5.45. The fourth-order valence-electron chi connectivity index (χ4n) is 3.70. The van der Waals surface area contributed by atoms with Crippen molar-refractivity contribution in [2.24, 2.45) is 0 Å². The Kier molecular flexibility index (Phi) is 8.01. The Morgan fingerprint density at radius 1 is 1.00 bits per heavy atom. The summed E-state index contributed by atoms with van der Waals surface area (Å²) in [6, 6.07) is 15.2. The number of hydrogen-bond acceptors (Lipinski definition) is 4. The zero-order valence-electron chi connectivity index (χ0n) is 17.5. The number of nitrogens with zero attached hydrogens (tertiary/aromatic N) is 1. The van der Waals surface area contributed by atoms with Gasteiger partial charge in [-0.1, -0.05) is 49.2 Å². The van der Waals surface area contributed by atoms with E-state index in [0.29, 0.717) is 12.1 Å². The highest BCUT2D eigenvalue weighted by molar-refractivity contribution is 7.89. The molecule has 1 atom stereocenters. The van der Waals surface area contributed by atoms with Gasteiger partial charge in [0.25, 0.3) is 5.91 Å². The number of likely N-dealkylation sites (tertiary alicyclic amines) is 1. The molecule has 1 fully saturated rings. The molecule has 0 aliphatic carbocycles. The topological polar surface area (TPSA) is 78.5 Å². The van der Waals surface area contributed by atoms with Crippen molar-refractivity contribution in [2.75, 3.05) is 26.2 Å². The first-order valence-electron chi connectivity index (χ1n) is 10.6. The maximum absolute atomic E-state index is 12.8. The number of rotatable bonds is 8. The van der Waals surface area contributed by atoms with E-state index in [1.54, 1.807) is 19.1 Å². The summed E-state index contributed by atoms with van der Waals surface area (Å²) in [5, 5.41) is 2.92. The maximum atomic E-state index is 12.8. The molecule has 1 aliphatic rings. The van der Waals surface area contributed by atoms with E-state index in [0.717, 1.165) is 25.2 Å². The Balaban J connectivity index is 1.59. The number of hydrogen-bond donors (Lipinski definition) is 2. The number of nitrogens with one attached hydrogen (secondary N) is 2. The number of sulfonamides is 1. The van der Waals surface area contributed by atoms with Crippen LogP contribution < -0.4 is 10.0 Å². The van der Waals surface area contributed by atoms with E-state index in [4.69, 9.17) is 0 Å². The third kappa shape index (κ3) is 6.39. The number of carbonyl (C=O) groups is 1. The van der Waals surface area contributed by atoms with Crippen molar-refractivity contribution < 1.29 is 13.2 Å². The van der Waals surface area contributed by atoms with Gasteiger partial charge in [0.1, 0.15) is 0 Å². The van der Waals surface area contributed by atoms with Gasteiger partial charge < -0.3 is 10.2 Å². The summed E-state index contributed by atoms with van der Waals surface area (Å²) >= 11 is 0. The molecule has 0 radical (unpaired) electrons. The molecule has 3 rings (SSSR count). The van der Waals surface area contributed by atoms with Crippen molar-refractivity contribution in [1.82, 2.24) is 14.9 Å². The minimum absolute atomic E-state index is 0.0884. The van der Waals surface area contributed by atoms with Crippen LogP contribution in [0.15, 0.2) is 59.5 Å². The minimum atomic E-state index is -3.74. The predicted molar refractivity (Wildman–Crippen MR) is 119 cm³/mol. The van der Waals surface area contributed by atoms with Gasteiger partial charge in [-0.2, -0.15) is 0 Å². The number of carbonyl (C=O) groups excluding carboxylic acids is 1. The van der Waals surface area contributed by atoms with E-state index in [1.807, 2.05) is 30.3 Å². The molecule has 1 aliphatic heterocycles. The largest absolute Gasteiger partial charge is 0.351 e. The molecule has 0 bridgehead atoms. The van der Waals surface area contributed by atoms with Crippen molar-refractivity contribution in [1.29, 1.82) is 0 Å². The first-order chi connectivity index (χ1) is 14.5. The monoisotopic (exact) mass is 429 g/mol. The molecular formula is C23H31N3O3S. The van der Waals surface area contributed by atoms with E-state index in [1.165, 1.54) is 37.8 Å². The molecule has 7 heteroatoms. The summed E-state index contributed by atoms with van der Waals surface area (Å²) in [7, 11) is -3.74. The number of amides is 1. The highest BCUT2D eigenvalue weighted by Gasteiger charge is 2.20. The zero-order valence-corrected chi connectivity index (χ0v) is 18.3. The third-order valence-corrected chi connectivity index (χ3v) is 6.99. The summed E-state index contributed by atoms with van der Waals surface area (Å²) < 4.78 is 28.3. The van der Waals surface area contributed by atoms with Crippen molar-refractivity contribution in [3.63, 3.8) is 0 Å². The Hall–Kier alpha value is -2.22. The molecule has 1 amide bonds. The molecule has 1 unspecified atom stereocenters. The molecule has 1 heterocycles. The summed E-state index contributed by atoms with van der Waals surface area (Å²) in [4.78, 5) is 15.0. The SMILES string of the molecule is CC(NS(=O)(=O)c1cccc(C(=O)NCCN2CCCCCC2)c1)c1ccccc1. The standard InChI is InChI=1S/C23H31N3O3S/c1-19(20-10-5-4-6-11-20)25-30(28,29)22-13-9-12-21(18-22)23(27)24-14-17-26-15-7-2-3-8-16-26/h4-6,9-13,18-19,25H,2-3,7-8,14-17H2,1H3,(H,24,27). The van der Waals surface area contributed by atoms with E-state index in [9.17, 15) is 13.2 Å². The van der Waals surface area contributed by atoms with E-state index >= 15 is 0 Å². The van der Waals surface area contributed by atoms with Gasteiger partial charge in [0.2, 0.25) is 10.0 Å². The summed E-state index contributed by atoms with van der Waals surface area (Å²) in [6.45, 7) is 5.33. The molecule has 30 heavy (non-hydrogen) atoms. The molecule has 162 valence electrons. The van der Waals surface area contributed by atoms with Gasteiger partial charge in [0.15, 0.2) is 0 Å². The Labute approximate surface area is 179 Å². The molecule has 2 aromatic rings. The molecule has 0 saturated carbocycles. The second-order valence-corrected chi connectivity index (χ2v) is 9.51. The summed E-state index contributed by atoms with van der Waals surface area (Å²) in [5.41, 5.74) is 1.23. The van der Waals surface area contributed by atoms with Crippen LogP contribution in [0.2, 0.25) is 0 Å². The molecule has 1 saturated heterocycles. The van der Waals surface area contributed by atoms with Crippen LogP contribution in [0, 0.1) is 0 Å². The average Bonchev–Trinajstić information content (AvgIpc) is 3.03. The van der Waals surface area contributed by atoms with Crippen molar-refractivity contribution in [3.05, 3.63) is 65.7 Å².